The van der Waals surface area contributed by atoms with Crippen LogP contribution < -0.4 is 3.71 Å². The summed E-state index contributed by atoms with van der Waals surface area (Å²) in [7, 11) is 0. The number of aromatic nitrogens is 1. The molecule has 1 rings (SSSR count). The molecular weight excluding hydrogens is 383 g/mol. The summed E-state index contributed by atoms with van der Waals surface area (Å²) in [5.74, 6) is 0. The molecule has 0 amide bonds. The van der Waals surface area contributed by atoms with Crippen molar-refractivity contribution in [2.24, 2.45) is 0 Å². The van der Waals surface area contributed by atoms with Gasteiger partial charge < -0.3 is 0 Å². The van der Waals surface area contributed by atoms with E-state index >= 15 is 0 Å². The third-order valence-electron chi connectivity index (χ3n) is 4.53. The zero-order valence-corrected chi connectivity index (χ0v) is 17.2. The van der Waals surface area contributed by atoms with E-state index in [0.29, 0.717) is 0 Å². The summed E-state index contributed by atoms with van der Waals surface area (Å²) in [6.07, 6.45) is 9.00. The Hall–Kier alpha value is -0.651. The summed E-state index contributed by atoms with van der Waals surface area (Å²) < 4.78 is 5.29. The van der Waals surface area contributed by atoms with Crippen LogP contribution in [0.5, 0.6) is 0 Å². The number of rotatable bonds is 11. The normalized spacial score (nSPS) is 11.6. The van der Waals surface area contributed by atoms with Crippen molar-refractivity contribution in [3.05, 3.63) is 28.4 Å². The van der Waals surface area contributed by atoms with Crippen molar-refractivity contribution in [3.63, 3.8) is 0 Å². The van der Waals surface area contributed by atoms with Crippen LogP contribution in [-0.2, 0) is 0 Å². The second-order valence-corrected chi connectivity index (χ2v) is 19.3. The molecule has 0 aromatic carbocycles. The topological polar surface area (TPSA) is 56.0 Å². The second kappa shape index (κ2) is 10.2. The van der Waals surface area contributed by atoms with Crippen LogP contribution in [-0.4, -0.2) is 28.3 Å². The fraction of sp³-hybridized carbons (Fsp3) is 0.706. The standard InChI is InChI=1S/C5H3N2O2.3C4H9.Sn/c8-7(9)5-2-1-3-6-4-5;3*1-3-4-2;/h1-2,4H;3*1,3-4H2,2H3;. The molecule has 0 fully saturated rings. The Balaban J connectivity index is 3.09. The Bertz CT molecular complexity index is 427. The van der Waals surface area contributed by atoms with Crippen LogP contribution in [0.15, 0.2) is 18.3 Å². The summed E-state index contributed by atoms with van der Waals surface area (Å²) in [5.41, 5.74) is 0.116. The fourth-order valence-corrected chi connectivity index (χ4v) is 18.5. The van der Waals surface area contributed by atoms with E-state index in [1.165, 1.54) is 61.7 Å². The van der Waals surface area contributed by atoms with Gasteiger partial charge >= 0.3 is 139 Å². The predicted octanol–water partition coefficient (Wildman–Crippen LogP) is 5.05. The van der Waals surface area contributed by atoms with Crippen molar-refractivity contribution in [1.82, 2.24) is 4.98 Å². The Morgan fingerprint density at radius 1 is 1.00 bits per heavy atom. The molecule has 0 radical (unpaired) electrons. The monoisotopic (exact) mass is 414 g/mol. The molecule has 0 bridgehead atoms. The Morgan fingerprint density at radius 3 is 1.82 bits per heavy atom. The van der Waals surface area contributed by atoms with Crippen LogP contribution in [0.1, 0.15) is 59.3 Å². The molecular formula is C17H30N2O2Sn. The first-order valence-corrected chi connectivity index (χ1v) is 16.2. The van der Waals surface area contributed by atoms with Gasteiger partial charge in [-0.3, -0.25) is 0 Å². The number of hydrogen-bond acceptors (Lipinski definition) is 3. The first kappa shape index (κ1) is 19.4. The molecule has 0 aliphatic heterocycles. The average molecular weight is 413 g/mol. The first-order chi connectivity index (χ1) is 10.6. The molecule has 0 N–H and O–H groups in total. The molecule has 1 heterocycles. The van der Waals surface area contributed by atoms with Crippen molar-refractivity contribution in [1.29, 1.82) is 0 Å². The van der Waals surface area contributed by atoms with Gasteiger partial charge in [0.25, 0.3) is 0 Å². The number of nitrogens with zero attached hydrogens (tertiary/aromatic N) is 2. The third kappa shape index (κ3) is 5.52. The summed E-state index contributed by atoms with van der Waals surface area (Å²) in [4.78, 5) is 15.1. The molecule has 1 aromatic heterocycles. The van der Waals surface area contributed by atoms with E-state index in [-0.39, 0.29) is 10.6 Å². The molecule has 0 unspecified atom stereocenters. The molecule has 0 atom stereocenters. The SMILES string of the molecule is CCC[CH2][Sn]([CH2]CCC)([CH2]CCC)[c]1ccc([N+](=O)[O-])cn1. The van der Waals surface area contributed by atoms with E-state index in [9.17, 15) is 10.1 Å². The summed E-state index contributed by atoms with van der Waals surface area (Å²) in [6, 6.07) is 3.65. The molecule has 0 spiro atoms. The van der Waals surface area contributed by atoms with Gasteiger partial charge in [0.2, 0.25) is 0 Å². The summed E-state index contributed by atoms with van der Waals surface area (Å²) in [6.45, 7) is 6.75. The molecule has 5 heteroatoms. The fourth-order valence-electron chi connectivity index (χ4n) is 3.11. The molecule has 1 aromatic rings. The van der Waals surface area contributed by atoms with Gasteiger partial charge in [0, 0.05) is 0 Å². The summed E-state index contributed by atoms with van der Waals surface area (Å²) >= 11 is -2.51. The van der Waals surface area contributed by atoms with Gasteiger partial charge in [-0.1, -0.05) is 0 Å². The first-order valence-electron chi connectivity index (χ1n) is 8.70. The van der Waals surface area contributed by atoms with E-state index in [1.807, 2.05) is 6.07 Å². The minimum atomic E-state index is -2.51. The van der Waals surface area contributed by atoms with Crippen molar-refractivity contribution >= 4 is 27.8 Å². The number of nitro groups is 1. The molecule has 0 saturated heterocycles. The number of unbranched alkanes of at least 4 members (excludes halogenated alkanes) is 3. The molecule has 4 nitrogen and oxygen atoms in total. The maximum atomic E-state index is 10.9. The van der Waals surface area contributed by atoms with Crippen molar-refractivity contribution < 1.29 is 4.92 Å². The van der Waals surface area contributed by atoms with Crippen LogP contribution in [0.3, 0.4) is 0 Å². The van der Waals surface area contributed by atoms with Gasteiger partial charge in [-0.25, -0.2) is 0 Å². The van der Waals surface area contributed by atoms with Gasteiger partial charge in [0.15, 0.2) is 0 Å². The van der Waals surface area contributed by atoms with Crippen LogP contribution in [0.4, 0.5) is 5.69 Å². The van der Waals surface area contributed by atoms with Crippen LogP contribution in [0.25, 0.3) is 0 Å². The van der Waals surface area contributed by atoms with E-state index in [4.69, 9.17) is 0 Å². The Morgan fingerprint density at radius 2 is 1.50 bits per heavy atom. The zero-order chi connectivity index (χ0) is 16.4. The van der Waals surface area contributed by atoms with Gasteiger partial charge in [0.1, 0.15) is 0 Å². The van der Waals surface area contributed by atoms with E-state index in [1.54, 1.807) is 6.07 Å². The Labute approximate surface area is 138 Å². The predicted molar refractivity (Wildman–Crippen MR) is 95.4 cm³/mol. The minimum absolute atomic E-state index is 0.116. The van der Waals surface area contributed by atoms with Gasteiger partial charge in [-0.15, -0.1) is 0 Å². The molecule has 0 aliphatic rings. The van der Waals surface area contributed by atoms with Gasteiger partial charge in [-0.05, 0) is 0 Å². The van der Waals surface area contributed by atoms with E-state index in [2.05, 4.69) is 25.8 Å². The summed E-state index contributed by atoms with van der Waals surface area (Å²) in [5, 5.41) is 10.9. The van der Waals surface area contributed by atoms with Crippen LogP contribution in [0, 0.1) is 10.1 Å². The Kier molecular flexibility index (Phi) is 8.98. The molecule has 124 valence electrons. The zero-order valence-electron chi connectivity index (χ0n) is 14.3. The average Bonchev–Trinajstić information content (AvgIpc) is 2.54. The van der Waals surface area contributed by atoms with Crippen molar-refractivity contribution in [2.75, 3.05) is 0 Å². The van der Waals surface area contributed by atoms with E-state index in [0.717, 1.165) is 0 Å². The van der Waals surface area contributed by atoms with Crippen LogP contribution in [0.2, 0.25) is 13.3 Å². The molecule has 22 heavy (non-hydrogen) atoms. The molecule has 0 saturated carbocycles. The number of pyridine rings is 1. The second-order valence-electron chi connectivity index (χ2n) is 6.25. The third-order valence-corrected chi connectivity index (χ3v) is 19.7. The van der Waals surface area contributed by atoms with Crippen molar-refractivity contribution in [2.45, 2.75) is 72.6 Å². The quantitative estimate of drug-likeness (QED) is 0.290. The van der Waals surface area contributed by atoms with Gasteiger partial charge in [0.05, 0.1) is 0 Å². The van der Waals surface area contributed by atoms with Crippen molar-refractivity contribution in [3.8, 4) is 0 Å². The van der Waals surface area contributed by atoms with Crippen LogP contribution >= 0.6 is 0 Å². The number of hydrogen-bond donors (Lipinski definition) is 0. The molecule has 0 aliphatic carbocycles. The van der Waals surface area contributed by atoms with E-state index < -0.39 is 18.4 Å². The maximum absolute atomic E-state index is 10.9. The van der Waals surface area contributed by atoms with Gasteiger partial charge in [-0.2, -0.15) is 0 Å².